The minimum absolute atomic E-state index is 0.267. The first-order valence-electron chi connectivity index (χ1n) is 28.4. The monoisotopic (exact) mass is 944 g/mol. The van der Waals surface area contributed by atoms with Crippen molar-refractivity contribution in [2.75, 3.05) is 13.2 Å². The van der Waals surface area contributed by atoms with Crippen molar-refractivity contribution >= 4 is 5.91 Å². The van der Waals surface area contributed by atoms with Gasteiger partial charge in [-0.1, -0.05) is 264 Å². The fourth-order valence-corrected chi connectivity index (χ4v) is 9.50. The zero-order valence-electron chi connectivity index (χ0n) is 43.0. The first-order chi connectivity index (χ1) is 32.2. The molecule has 1 amide bonds. The van der Waals surface area contributed by atoms with Gasteiger partial charge in [0.05, 0.1) is 25.4 Å². The van der Waals surface area contributed by atoms with Crippen LogP contribution in [0.5, 0.6) is 0 Å². The summed E-state index contributed by atoms with van der Waals surface area (Å²) in [5, 5.41) is 75.9. The molecule has 0 aromatic heterocycles. The smallest absolute Gasteiger partial charge is 0.249 e. The molecule has 0 aromatic carbocycles. The summed E-state index contributed by atoms with van der Waals surface area (Å²) in [6, 6.07) is -1.16. The van der Waals surface area contributed by atoms with Gasteiger partial charge in [0.15, 0.2) is 6.29 Å². The average Bonchev–Trinajstić information content (AvgIpc) is 3.32. The molecule has 11 nitrogen and oxygen atoms in total. The molecule has 0 aliphatic carbocycles. The van der Waals surface area contributed by atoms with E-state index in [1.54, 1.807) is 0 Å². The van der Waals surface area contributed by atoms with Crippen LogP contribution in [0.2, 0.25) is 0 Å². The Balaban J connectivity index is 2.21. The second-order valence-electron chi connectivity index (χ2n) is 20.4. The Bertz CT molecular complexity index is 1040. The van der Waals surface area contributed by atoms with Crippen molar-refractivity contribution in [2.24, 2.45) is 0 Å². The van der Waals surface area contributed by atoms with E-state index < -0.39 is 74.2 Å². The zero-order chi connectivity index (χ0) is 48.3. The number of carbonyl (C=O) groups excluding carboxylic acids is 1. The van der Waals surface area contributed by atoms with Gasteiger partial charge in [0, 0.05) is 0 Å². The second-order valence-corrected chi connectivity index (χ2v) is 20.4. The average molecular weight is 944 g/mol. The summed E-state index contributed by atoms with van der Waals surface area (Å²) in [6.45, 7) is 3.46. The standard InChI is InChI=1S/C55H109NO10/c1-3-5-7-9-11-13-15-16-17-18-19-20-21-22-23-24-25-26-27-28-29-30-31-33-35-37-39-41-43-48(59)54(64)56-46(45-65-55-53(63)52(62)51(61)49(44-57)66-55)50(60)47(58)42-40-38-36-34-32-14-12-10-8-6-4-2/h46-53,55,57-63H,3-45H2,1-2H3,(H,56,64). The van der Waals surface area contributed by atoms with Crippen molar-refractivity contribution in [3.8, 4) is 0 Å². The quantitative estimate of drug-likeness (QED) is 0.0273. The Morgan fingerprint density at radius 1 is 0.470 bits per heavy atom. The highest BCUT2D eigenvalue weighted by Gasteiger charge is 2.44. The molecule has 0 saturated carbocycles. The summed E-state index contributed by atoms with van der Waals surface area (Å²) in [5.41, 5.74) is 0. The van der Waals surface area contributed by atoms with Gasteiger partial charge in [-0.15, -0.1) is 0 Å². The lowest BCUT2D eigenvalue weighted by atomic mass is 9.98. The van der Waals surface area contributed by atoms with Crippen molar-refractivity contribution in [2.45, 2.75) is 332 Å². The van der Waals surface area contributed by atoms with Gasteiger partial charge in [-0.05, 0) is 12.8 Å². The number of ether oxygens (including phenoxy) is 2. The van der Waals surface area contributed by atoms with E-state index in [-0.39, 0.29) is 6.42 Å². The van der Waals surface area contributed by atoms with Crippen LogP contribution in [-0.2, 0) is 14.3 Å². The molecule has 0 aromatic rings. The van der Waals surface area contributed by atoms with E-state index in [1.165, 1.54) is 199 Å². The van der Waals surface area contributed by atoms with Crippen LogP contribution < -0.4 is 5.32 Å². The van der Waals surface area contributed by atoms with E-state index in [9.17, 15) is 40.5 Å². The number of amides is 1. The normalized spacial score (nSPS) is 20.7. The van der Waals surface area contributed by atoms with Crippen LogP contribution in [0.4, 0.5) is 0 Å². The van der Waals surface area contributed by atoms with Gasteiger partial charge in [0.1, 0.15) is 36.6 Å². The SMILES string of the molecule is CCCCCCCCCCCCCCCCCCCCCCCCCCCCCCC(O)C(=O)NC(COC1OC(CO)C(O)C(O)C1O)C(O)C(O)CCCCCCCCCCCCC. The molecule has 8 N–H and O–H groups in total. The van der Waals surface area contributed by atoms with E-state index in [2.05, 4.69) is 19.2 Å². The lowest BCUT2D eigenvalue weighted by Crippen LogP contribution is -2.60. The molecule has 66 heavy (non-hydrogen) atoms. The molecule has 0 spiro atoms. The second kappa shape index (κ2) is 45.3. The molecule has 9 unspecified atom stereocenters. The van der Waals surface area contributed by atoms with Crippen LogP contribution in [0.15, 0.2) is 0 Å². The number of aliphatic hydroxyl groups is 7. The van der Waals surface area contributed by atoms with E-state index >= 15 is 0 Å². The molecule has 0 radical (unpaired) electrons. The number of unbranched alkanes of at least 4 members (excludes halogenated alkanes) is 37. The van der Waals surface area contributed by atoms with Crippen molar-refractivity contribution in [3.63, 3.8) is 0 Å². The molecule has 394 valence electrons. The van der Waals surface area contributed by atoms with Gasteiger partial charge in [0.25, 0.3) is 0 Å². The minimum Gasteiger partial charge on any atom is -0.394 e. The molecule has 1 saturated heterocycles. The Kier molecular flexibility index (Phi) is 43.3. The van der Waals surface area contributed by atoms with Gasteiger partial charge < -0.3 is 50.5 Å². The fourth-order valence-electron chi connectivity index (χ4n) is 9.50. The van der Waals surface area contributed by atoms with Crippen molar-refractivity contribution in [3.05, 3.63) is 0 Å². The van der Waals surface area contributed by atoms with Crippen LogP contribution in [-0.4, -0.2) is 110 Å². The molecule has 1 heterocycles. The Labute approximate surface area is 405 Å². The van der Waals surface area contributed by atoms with E-state index in [1.807, 2.05) is 0 Å². The van der Waals surface area contributed by atoms with Gasteiger partial charge in [0.2, 0.25) is 5.91 Å². The van der Waals surface area contributed by atoms with E-state index in [4.69, 9.17) is 9.47 Å². The summed E-state index contributed by atoms with van der Waals surface area (Å²) in [7, 11) is 0. The highest BCUT2D eigenvalue weighted by Crippen LogP contribution is 2.24. The Morgan fingerprint density at radius 2 is 0.788 bits per heavy atom. The lowest BCUT2D eigenvalue weighted by molar-refractivity contribution is -0.303. The number of aliphatic hydroxyl groups excluding tert-OH is 7. The van der Waals surface area contributed by atoms with Crippen LogP contribution in [0.3, 0.4) is 0 Å². The minimum atomic E-state index is -1.66. The molecule has 1 fully saturated rings. The third kappa shape index (κ3) is 33.6. The topological polar surface area (TPSA) is 189 Å². The Morgan fingerprint density at radius 3 is 1.12 bits per heavy atom. The maximum absolute atomic E-state index is 13.1. The summed E-state index contributed by atoms with van der Waals surface area (Å²) < 4.78 is 11.1. The number of rotatable bonds is 49. The van der Waals surface area contributed by atoms with Crippen LogP contribution in [0.1, 0.15) is 277 Å². The van der Waals surface area contributed by atoms with Crippen molar-refractivity contribution in [1.29, 1.82) is 0 Å². The predicted molar refractivity (Wildman–Crippen MR) is 270 cm³/mol. The first kappa shape index (κ1) is 63.1. The molecule has 9 atom stereocenters. The summed E-state index contributed by atoms with van der Waals surface area (Å²) in [4.78, 5) is 13.1. The molecule has 11 heteroatoms. The number of carbonyl (C=O) groups is 1. The number of hydrogen-bond acceptors (Lipinski definition) is 10. The van der Waals surface area contributed by atoms with Gasteiger partial charge in [-0.25, -0.2) is 0 Å². The van der Waals surface area contributed by atoms with Crippen LogP contribution in [0.25, 0.3) is 0 Å². The van der Waals surface area contributed by atoms with Gasteiger partial charge >= 0.3 is 0 Å². The lowest BCUT2D eigenvalue weighted by Gasteiger charge is -2.40. The molecule has 1 aliphatic rings. The van der Waals surface area contributed by atoms with Crippen molar-refractivity contribution in [1.82, 2.24) is 5.32 Å². The highest BCUT2D eigenvalue weighted by molar-refractivity contribution is 5.80. The molecular weight excluding hydrogens is 835 g/mol. The first-order valence-corrected chi connectivity index (χ1v) is 28.4. The van der Waals surface area contributed by atoms with Crippen LogP contribution >= 0.6 is 0 Å². The fraction of sp³-hybridized carbons (Fsp3) is 0.982. The zero-order valence-corrected chi connectivity index (χ0v) is 43.0. The number of hydrogen-bond donors (Lipinski definition) is 8. The van der Waals surface area contributed by atoms with Crippen LogP contribution in [0, 0.1) is 0 Å². The molecule has 0 bridgehead atoms. The van der Waals surface area contributed by atoms with Gasteiger partial charge in [-0.3, -0.25) is 4.79 Å². The summed E-state index contributed by atoms with van der Waals surface area (Å²) in [5.74, 6) is -0.691. The number of nitrogens with one attached hydrogen (secondary N) is 1. The third-order valence-corrected chi connectivity index (χ3v) is 14.2. The van der Waals surface area contributed by atoms with E-state index in [0.29, 0.717) is 19.3 Å². The maximum atomic E-state index is 13.1. The van der Waals surface area contributed by atoms with Crippen molar-refractivity contribution < 1.29 is 50.0 Å². The molecular formula is C55H109NO10. The summed E-state index contributed by atoms with van der Waals surface area (Å²) in [6.07, 6.45) is 38.9. The molecule has 1 aliphatic heterocycles. The predicted octanol–water partition coefficient (Wildman–Crippen LogP) is 11.4. The molecule has 1 rings (SSSR count). The highest BCUT2D eigenvalue weighted by atomic mass is 16.7. The Hall–Kier alpha value is -0.890. The van der Waals surface area contributed by atoms with Gasteiger partial charge in [-0.2, -0.15) is 0 Å². The third-order valence-electron chi connectivity index (χ3n) is 14.2. The largest absolute Gasteiger partial charge is 0.394 e. The van der Waals surface area contributed by atoms with E-state index in [0.717, 1.165) is 38.5 Å². The maximum Gasteiger partial charge on any atom is 0.249 e. The summed E-state index contributed by atoms with van der Waals surface area (Å²) >= 11 is 0.